The van der Waals surface area contributed by atoms with Crippen LogP contribution in [0, 0.1) is 17.8 Å². The Morgan fingerprint density at radius 1 is 1.38 bits per heavy atom. The molecule has 0 rings (SSSR count). The maximum absolute atomic E-state index is 13.0. The lowest BCUT2D eigenvalue weighted by Crippen LogP contribution is -2.07. The minimum Gasteiger partial charge on any atom is -0.241 e. The molecule has 2 atom stereocenters. The summed E-state index contributed by atoms with van der Waals surface area (Å²) in [6, 6.07) is 0. The van der Waals surface area contributed by atoms with E-state index in [0.717, 1.165) is 6.42 Å². The first-order chi connectivity index (χ1) is 6.26. The highest BCUT2D eigenvalue weighted by molar-refractivity contribution is 5.21. The topological polar surface area (TPSA) is 0 Å². The zero-order chi connectivity index (χ0) is 10.1. The summed E-state index contributed by atoms with van der Waals surface area (Å²) >= 11 is 0. The van der Waals surface area contributed by atoms with Crippen LogP contribution >= 0.6 is 0 Å². The monoisotopic (exact) mass is 178 g/mol. The lowest BCUT2D eigenvalue weighted by Gasteiger charge is -2.04. The van der Waals surface area contributed by atoms with Crippen LogP contribution in [-0.2, 0) is 0 Å². The van der Waals surface area contributed by atoms with Crippen molar-refractivity contribution in [3.05, 3.63) is 37.5 Å². The van der Waals surface area contributed by atoms with Crippen molar-refractivity contribution in [3.8, 4) is 11.8 Å². The van der Waals surface area contributed by atoms with E-state index >= 15 is 0 Å². The quantitative estimate of drug-likeness (QED) is 0.458. The molecule has 0 N–H and O–H groups in total. The Bertz CT molecular complexity index is 240. The number of hydrogen-bond donors (Lipinski definition) is 0. The molecule has 0 saturated carbocycles. The molecule has 0 bridgehead atoms. The molecule has 0 heterocycles. The highest BCUT2D eigenvalue weighted by Crippen LogP contribution is 2.08. The van der Waals surface area contributed by atoms with Gasteiger partial charge >= 0.3 is 0 Å². The fourth-order valence-corrected chi connectivity index (χ4v) is 0.736. The maximum Gasteiger partial charge on any atom is 0.135 e. The van der Waals surface area contributed by atoms with Gasteiger partial charge in [-0.3, -0.25) is 0 Å². The van der Waals surface area contributed by atoms with Crippen LogP contribution in [-0.4, -0.2) is 6.17 Å². The average Bonchev–Trinajstić information content (AvgIpc) is 2.17. The van der Waals surface area contributed by atoms with Crippen molar-refractivity contribution < 1.29 is 4.39 Å². The van der Waals surface area contributed by atoms with Gasteiger partial charge in [0.05, 0.1) is 5.92 Å². The molecule has 2 unspecified atom stereocenters. The standard InChI is InChI=1S/C12H15F/c1-4-7-8-9-10-11(5-2)12(13)6-3/h5-8,11-12H,2-4H2,1H3/b8-7+. The second kappa shape index (κ2) is 7.36. The third kappa shape index (κ3) is 5.03. The minimum atomic E-state index is -1.12. The first kappa shape index (κ1) is 11.7. The van der Waals surface area contributed by atoms with Gasteiger partial charge in [0.15, 0.2) is 0 Å². The van der Waals surface area contributed by atoms with Crippen LogP contribution in [0.1, 0.15) is 13.3 Å². The van der Waals surface area contributed by atoms with Gasteiger partial charge < -0.3 is 0 Å². The summed E-state index contributed by atoms with van der Waals surface area (Å²) in [5.41, 5.74) is 0. The molecule has 0 amide bonds. The highest BCUT2D eigenvalue weighted by Gasteiger charge is 2.10. The van der Waals surface area contributed by atoms with Gasteiger partial charge in [-0.15, -0.1) is 13.2 Å². The molecule has 0 aliphatic rings. The summed E-state index contributed by atoms with van der Waals surface area (Å²) in [4.78, 5) is 0. The van der Waals surface area contributed by atoms with E-state index in [1.165, 1.54) is 12.2 Å². The van der Waals surface area contributed by atoms with E-state index < -0.39 is 12.1 Å². The summed E-state index contributed by atoms with van der Waals surface area (Å²) < 4.78 is 13.0. The average molecular weight is 178 g/mol. The molecule has 13 heavy (non-hydrogen) atoms. The number of hydrogen-bond acceptors (Lipinski definition) is 0. The van der Waals surface area contributed by atoms with E-state index in [4.69, 9.17) is 0 Å². The van der Waals surface area contributed by atoms with Crippen LogP contribution in [0.3, 0.4) is 0 Å². The molecule has 0 radical (unpaired) electrons. The van der Waals surface area contributed by atoms with Crippen LogP contribution in [0.5, 0.6) is 0 Å². The minimum absolute atomic E-state index is 0.445. The number of rotatable bonds is 4. The van der Waals surface area contributed by atoms with E-state index in [9.17, 15) is 4.39 Å². The van der Waals surface area contributed by atoms with Gasteiger partial charge in [0.25, 0.3) is 0 Å². The molecule has 0 nitrogen and oxygen atoms in total. The third-order valence-corrected chi connectivity index (χ3v) is 1.51. The number of halogens is 1. The van der Waals surface area contributed by atoms with Crippen molar-refractivity contribution in [2.24, 2.45) is 5.92 Å². The van der Waals surface area contributed by atoms with Gasteiger partial charge in [-0.1, -0.05) is 37.0 Å². The summed E-state index contributed by atoms with van der Waals surface area (Å²) in [7, 11) is 0. The molecule has 0 aromatic rings. The van der Waals surface area contributed by atoms with E-state index in [-0.39, 0.29) is 0 Å². The number of alkyl halides is 1. The van der Waals surface area contributed by atoms with Gasteiger partial charge in [0, 0.05) is 0 Å². The molecular formula is C12H15F. The molecule has 0 aliphatic heterocycles. The summed E-state index contributed by atoms with van der Waals surface area (Å²) in [6.45, 7) is 8.90. The molecule has 0 saturated heterocycles. The largest absolute Gasteiger partial charge is 0.241 e. The Hall–Kier alpha value is -1.29. The van der Waals surface area contributed by atoms with Crippen molar-refractivity contribution in [1.82, 2.24) is 0 Å². The van der Waals surface area contributed by atoms with E-state index in [2.05, 4.69) is 25.0 Å². The van der Waals surface area contributed by atoms with Gasteiger partial charge in [0.1, 0.15) is 6.17 Å². The molecule has 0 aliphatic carbocycles. The summed E-state index contributed by atoms with van der Waals surface area (Å²) in [6.07, 6.45) is 6.21. The molecule has 0 fully saturated rings. The van der Waals surface area contributed by atoms with Crippen molar-refractivity contribution in [1.29, 1.82) is 0 Å². The van der Waals surface area contributed by atoms with Crippen molar-refractivity contribution in [3.63, 3.8) is 0 Å². The lowest BCUT2D eigenvalue weighted by molar-refractivity contribution is 0.363. The molecular weight excluding hydrogens is 163 g/mol. The normalized spacial score (nSPS) is 14.3. The summed E-state index contributed by atoms with van der Waals surface area (Å²) in [5, 5.41) is 0. The molecule has 1 heteroatoms. The Balaban J connectivity index is 4.23. The van der Waals surface area contributed by atoms with Gasteiger partial charge in [-0.25, -0.2) is 4.39 Å². The Morgan fingerprint density at radius 2 is 2.08 bits per heavy atom. The van der Waals surface area contributed by atoms with E-state index in [1.807, 2.05) is 13.0 Å². The van der Waals surface area contributed by atoms with Crippen LogP contribution in [0.15, 0.2) is 37.5 Å². The van der Waals surface area contributed by atoms with Gasteiger partial charge in [-0.05, 0) is 12.5 Å². The Labute approximate surface area is 79.8 Å². The van der Waals surface area contributed by atoms with Crippen LogP contribution < -0.4 is 0 Å². The molecule has 70 valence electrons. The first-order valence-corrected chi connectivity index (χ1v) is 4.31. The second-order valence-electron chi connectivity index (χ2n) is 2.54. The van der Waals surface area contributed by atoms with Gasteiger partial charge in [0.2, 0.25) is 0 Å². The SMILES string of the molecule is C=CC(F)C(C#C/C=C/CC)C=C. The van der Waals surface area contributed by atoms with Crippen LogP contribution in [0.2, 0.25) is 0 Å². The van der Waals surface area contributed by atoms with Gasteiger partial charge in [-0.2, -0.15) is 0 Å². The Morgan fingerprint density at radius 3 is 2.54 bits per heavy atom. The lowest BCUT2D eigenvalue weighted by atomic mass is 10.1. The predicted molar refractivity (Wildman–Crippen MR) is 56.0 cm³/mol. The highest BCUT2D eigenvalue weighted by atomic mass is 19.1. The van der Waals surface area contributed by atoms with Crippen molar-refractivity contribution in [2.45, 2.75) is 19.5 Å². The molecule has 0 aromatic carbocycles. The molecule has 0 aromatic heterocycles. The number of allylic oxidation sites excluding steroid dienone is 4. The maximum atomic E-state index is 13.0. The third-order valence-electron chi connectivity index (χ3n) is 1.51. The van der Waals surface area contributed by atoms with Crippen LogP contribution in [0.25, 0.3) is 0 Å². The smallest absolute Gasteiger partial charge is 0.135 e. The van der Waals surface area contributed by atoms with Crippen molar-refractivity contribution >= 4 is 0 Å². The van der Waals surface area contributed by atoms with Crippen molar-refractivity contribution in [2.75, 3.05) is 0 Å². The first-order valence-electron chi connectivity index (χ1n) is 4.31. The Kier molecular flexibility index (Phi) is 6.63. The predicted octanol–water partition coefficient (Wildman–Crippen LogP) is 3.28. The van der Waals surface area contributed by atoms with Crippen LogP contribution in [0.4, 0.5) is 4.39 Å². The summed E-state index contributed by atoms with van der Waals surface area (Å²) in [5.74, 6) is 5.07. The van der Waals surface area contributed by atoms with E-state index in [1.54, 1.807) is 6.08 Å². The zero-order valence-corrected chi connectivity index (χ0v) is 7.96. The second-order valence-corrected chi connectivity index (χ2v) is 2.54. The molecule has 0 spiro atoms. The fourth-order valence-electron chi connectivity index (χ4n) is 0.736. The fraction of sp³-hybridized carbons (Fsp3) is 0.333. The van der Waals surface area contributed by atoms with E-state index in [0.29, 0.717) is 0 Å². The zero-order valence-electron chi connectivity index (χ0n) is 7.96.